The van der Waals surface area contributed by atoms with Gasteiger partial charge in [-0.15, -0.1) is 0 Å². The van der Waals surface area contributed by atoms with Crippen LogP contribution in [-0.2, 0) is 0 Å². The number of hydrogen-bond donors (Lipinski definition) is 0. The Bertz CT molecular complexity index is 70.5. The van der Waals surface area contributed by atoms with Crippen LogP contribution in [0, 0.1) is 0 Å². The van der Waals surface area contributed by atoms with Crippen molar-refractivity contribution in [2.75, 3.05) is 0 Å². The molecule has 70 valence electrons. The first-order valence-electron chi connectivity index (χ1n) is 4.24. The average molecular weight is 163 g/mol. The van der Waals surface area contributed by atoms with E-state index in [1.165, 1.54) is 0 Å². The lowest BCUT2D eigenvalue weighted by molar-refractivity contribution is 0.133. The van der Waals surface area contributed by atoms with Crippen molar-refractivity contribution in [3.63, 3.8) is 0 Å². The minimum Gasteiger partial charge on any atom is -0.296 e. The predicted octanol–water partition coefficient (Wildman–Crippen LogP) is 2.67. The van der Waals surface area contributed by atoms with Crippen molar-refractivity contribution in [2.45, 2.75) is 59.7 Å². The molecule has 0 amide bonds. The molecule has 2 heteroatoms. The van der Waals surface area contributed by atoms with E-state index >= 15 is 0 Å². The second kappa shape index (κ2) is 5.53. The van der Waals surface area contributed by atoms with Gasteiger partial charge in [0.2, 0.25) is 0 Å². The summed E-state index contributed by atoms with van der Waals surface area (Å²) in [6.07, 6.45) is 0. The van der Waals surface area contributed by atoms with E-state index in [-0.39, 0.29) is 4.70 Å². The van der Waals surface area contributed by atoms with Crippen LogP contribution in [0.4, 0.5) is 4.70 Å². The number of halogens is 1. The number of nitrogens with zero attached hydrogens (tertiary/aromatic N) is 1. The van der Waals surface area contributed by atoms with Gasteiger partial charge in [-0.3, -0.25) is 9.60 Å². The van der Waals surface area contributed by atoms with Crippen LogP contribution in [0.1, 0.15) is 41.5 Å². The van der Waals surface area contributed by atoms with Gasteiger partial charge in [-0.1, -0.05) is 0 Å². The first-order chi connectivity index (χ1) is 4.46. The van der Waals surface area contributed by atoms with E-state index in [1.807, 2.05) is 0 Å². The quantitative estimate of drug-likeness (QED) is 0.618. The van der Waals surface area contributed by atoms with Crippen LogP contribution in [0.3, 0.4) is 0 Å². The van der Waals surface area contributed by atoms with E-state index in [4.69, 9.17) is 0 Å². The summed E-state index contributed by atoms with van der Waals surface area (Å²) < 4.78 is 0. The molecule has 1 nitrogen and oxygen atoms in total. The summed E-state index contributed by atoms with van der Waals surface area (Å²) in [5.74, 6) is 0. The molecule has 11 heavy (non-hydrogen) atoms. The standard InChI is InChI=1S/C9H21N.FH/c1-7(2)10(8(3)4)9(5)6;/h7-9H,1-6H3;1H. The molecule has 0 rings (SSSR count). The van der Waals surface area contributed by atoms with E-state index in [2.05, 4.69) is 46.4 Å². The Morgan fingerprint density at radius 2 is 0.818 bits per heavy atom. The van der Waals surface area contributed by atoms with Crippen molar-refractivity contribution in [1.29, 1.82) is 0 Å². The van der Waals surface area contributed by atoms with Crippen LogP contribution in [0.2, 0.25) is 0 Å². The molecular formula is C9H22FN. The molecular weight excluding hydrogens is 141 g/mol. The first kappa shape index (κ1) is 13.5. The van der Waals surface area contributed by atoms with Crippen molar-refractivity contribution >= 4 is 0 Å². The maximum atomic E-state index is 2.50. The molecule has 0 heterocycles. The zero-order valence-corrected chi connectivity index (χ0v) is 8.59. The summed E-state index contributed by atoms with van der Waals surface area (Å²) in [6.45, 7) is 13.5. The van der Waals surface area contributed by atoms with Gasteiger partial charge in [0.25, 0.3) is 0 Å². The highest BCUT2D eigenvalue weighted by Gasteiger charge is 2.15. The highest BCUT2D eigenvalue weighted by molar-refractivity contribution is 4.70. The molecule has 0 aromatic rings. The summed E-state index contributed by atoms with van der Waals surface area (Å²) in [6, 6.07) is 2.00. The Morgan fingerprint density at radius 3 is 0.818 bits per heavy atom. The van der Waals surface area contributed by atoms with Crippen LogP contribution in [-0.4, -0.2) is 23.0 Å². The third kappa shape index (κ3) is 4.35. The Hall–Kier alpha value is -0.110. The van der Waals surface area contributed by atoms with Gasteiger partial charge in [0.05, 0.1) is 0 Å². The number of hydrogen-bond acceptors (Lipinski definition) is 1. The lowest BCUT2D eigenvalue weighted by Crippen LogP contribution is -2.42. The summed E-state index contributed by atoms with van der Waals surface area (Å²) in [4.78, 5) is 2.50. The molecule has 0 aromatic heterocycles. The Labute approximate surface area is 70.1 Å². The topological polar surface area (TPSA) is 3.24 Å². The van der Waals surface area contributed by atoms with Gasteiger partial charge in [0, 0.05) is 18.1 Å². The van der Waals surface area contributed by atoms with Crippen molar-refractivity contribution in [2.24, 2.45) is 0 Å². The second-order valence-electron chi connectivity index (χ2n) is 3.73. The van der Waals surface area contributed by atoms with Crippen LogP contribution in [0.5, 0.6) is 0 Å². The monoisotopic (exact) mass is 163 g/mol. The summed E-state index contributed by atoms with van der Waals surface area (Å²) in [7, 11) is 0. The SMILES string of the molecule is CC(C)N(C(C)C)C(C)C.F. The Morgan fingerprint density at radius 1 is 0.636 bits per heavy atom. The molecule has 0 aliphatic rings. The molecule has 0 aliphatic carbocycles. The molecule has 0 bridgehead atoms. The predicted molar refractivity (Wildman–Crippen MR) is 49.8 cm³/mol. The minimum atomic E-state index is 0. The fourth-order valence-electron chi connectivity index (χ4n) is 1.79. The van der Waals surface area contributed by atoms with Gasteiger partial charge in [-0.05, 0) is 41.5 Å². The molecule has 0 fully saturated rings. The van der Waals surface area contributed by atoms with Gasteiger partial charge in [-0.2, -0.15) is 0 Å². The van der Waals surface area contributed by atoms with Crippen LogP contribution in [0.15, 0.2) is 0 Å². The lowest BCUT2D eigenvalue weighted by atomic mass is 10.2. The average Bonchev–Trinajstić information content (AvgIpc) is 1.59. The molecule has 0 aliphatic heterocycles. The maximum Gasteiger partial charge on any atom is 0.00439 e. The van der Waals surface area contributed by atoms with E-state index in [0.29, 0.717) is 18.1 Å². The largest absolute Gasteiger partial charge is 0.296 e. The Kier molecular flexibility index (Phi) is 6.77. The molecule has 0 radical (unpaired) electrons. The Balaban J connectivity index is 0. The van der Waals surface area contributed by atoms with E-state index < -0.39 is 0 Å². The third-order valence-corrected chi connectivity index (χ3v) is 1.79. The van der Waals surface area contributed by atoms with Crippen molar-refractivity contribution < 1.29 is 4.70 Å². The lowest BCUT2D eigenvalue weighted by Gasteiger charge is -2.34. The molecule has 0 aromatic carbocycles. The number of rotatable bonds is 3. The van der Waals surface area contributed by atoms with Crippen molar-refractivity contribution in [3.05, 3.63) is 0 Å². The molecule has 0 spiro atoms. The fraction of sp³-hybridized carbons (Fsp3) is 1.00. The minimum absolute atomic E-state index is 0. The van der Waals surface area contributed by atoms with Gasteiger partial charge < -0.3 is 0 Å². The first-order valence-corrected chi connectivity index (χ1v) is 4.24. The van der Waals surface area contributed by atoms with Gasteiger partial charge in [0.1, 0.15) is 0 Å². The molecule has 0 N–H and O–H groups in total. The van der Waals surface area contributed by atoms with Crippen molar-refractivity contribution in [1.82, 2.24) is 4.90 Å². The van der Waals surface area contributed by atoms with Crippen molar-refractivity contribution in [3.8, 4) is 0 Å². The van der Waals surface area contributed by atoms with Crippen LogP contribution < -0.4 is 0 Å². The smallest absolute Gasteiger partial charge is 0.00439 e. The normalized spacial score (nSPS) is 11.5. The highest BCUT2D eigenvalue weighted by atomic mass is 19.0. The zero-order valence-electron chi connectivity index (χ0n) is 8.59. The summed E-state index contributed by atoms with van der Waals surface area (Å²) >= 11 is 0. The maximum absolute atomic E-state index is 2.50. The van der Waals surface area contributed by atoms with Crippen LogP contribution in [0.25, 0.3) is 0 Å². The molecule has 0 saturated heterocycles. The van der Waals surface area contributed by atoms with Gasteiger partial charge in [0.15, 0.2) is 0 Å². The van der Waals surface area contributed by atoms with Crippen LogP contribution >= 0.6 is 0 Å². The molecule has 0 saturated carbocycles. The van der Waals surface area contributed by atoms with E-state index in [1.54, 1.807) is 0 Å². The summed E-state index contributed by atoms with van der Waals surface area (Å²) in [5.41, 5.74) is 0. The summed E-state index contributed by atoms with van der Waals surface area (Å²) in [5, 5.41) is 0. The fourth-order valence-corrected chi connectivity index (χ4v) is 1.79. The third-order valence-electron chi connectivity index (χ3n) is 1.79. The van der Waals surface area contributed by atoms with E-state index in [9.17, 15) is 0 Å². The van der Waals surface area contributed by atoms with Gasteiger partial charge in [-0.25, -0.2) is 0 Å². The molecule has 0 atom stereocenters. The highest BCUT2D eigenvalue weighted by Crippen LogP contribution is 2.08. The second-order valence-corrected chi connectivity index (χ2v) is 3.73. The van der Waals surface area contributed by atoms with Gasteiger partial charge >= 0.3 is 0 Å². The van der Waals surface area contributed by atoms with E-state index in [0.717, 1.165) is 0 Å². The molecule has 0 unspecified atom stereocenters. The zero-order chi connectivity index (χ0) is 8.31.